The van der Waals surface area contributed by atoms with Crippen LogP contribution in [0.5, 0.6) is 5.75 Å². The highest BCUT2D eigenvalue weighted by atomic mass is 32.1. The molecule has 4 nitrogen and oxygen atoms in total. The van der Waals surface area contributed by atoms with Gasteiger partial charge in [0.1, 0.15) is 5.75 Å². The quantitative estimate of drug-likeness (QED) is 0.915. The van der Waals surface area contributed by atoms with E-state index in [1.165, 1.54) is 5.56 Å². The molecular weight excluding hydrogens is 310 g/mol. The molecule has 1 N–H and O–H groups in total. The van der Waals surface area contributed by atoms with E-state index in [2.05, 4.69) is 22.1 Å². The van der Waals surface area contributed by atoms with Crippen molar-refractivity contribution in [2.24, 2.45) is 0 Å². The van der Waals surface area contributed by atoms with Crippen molar-refractivity contribution in [3.05, 3.63) is 52.2 Å². The van der Waals surface area contributed by atoms with Crippen LogP contribution in [-0.2, 0) is 10.2 Å². The first-order valence-corrected chi connectivity index (χ1v) is 8.71. The van der Waals surface area contributed by atoms with Crippen molar-refractivity contribution in [3.63, 3.8) is 0 Å². The number of nitrogens with one attached hydrogen (secondary N) is 1. The maximum absolute atomic E-state index is 12.6. The molecule has 0 radical (unpaired) electrons. The van der Waals surface area contributed by atoms with Crippen molar-refractivity contribution in [2.75, 3.05) is 26.9 Å². The van der Waals surface area contributed by atoms with E-state index in [-0.39, 0.29) is 11.3 Å². The van der Waals surface area contributed by atoms with Gasteiger partial charge >= 0.3 is 0 Å². The third-order valence-corrected chi connectivity index (χ3v) is 5.21. The van der Waals surface area contributed by atoms with Gasteiger partial charge in [-0.05, 0) is 47.4 Å². The molecule has 1 fully saturated rings. The Kier molecular flexibility index (Phi) is 4.98. The number of hydrogen-bond donors (Lipinski definition) is 1. The van der Waals surface area contributed by atoms with Crippen molar-refractivity contribution in [1.82, 2.24) is 5.32 Å². The van der Waals surface area contributed by atoms with Gasteiger partial charge in [-0.1, -0.05) is 12.1 Å². The minimum atomic E-state index is -0.0939. The molecule has 0 atom stereocenters. The SMILES string of the molecule is COc1ccccc1C(=O)NCC1(c2ccsc2)CCOCC1. The Morgan fingerprint density at radius 1 is 1.30 bits per heavy atom. The van der Waals surface area contributed by atoms with E-state index in [4.69, 9.17) is 9.47 Å². The van der Waals surface area contributed by atoms with Gasteiger partial charge in [0.05, 0.1) is 12.7 Å². The summed E-state index contributed by atoms with van der Waals surface area (Å²) in [7, 11) is 1.58. The number of rotatable bonds is 5. The third kappa shape index (κ3) is 3.41. The number of hydrogen-bond acceptors (Lipinski definition) is 4. The molecule has 23 heavy (non-hydrogen) atoms. The average molecular weight is 331 g/mol. The molecule has 3 rings (SSSR count). The lowest BCUT2D eigenvalue weighted by molar-refractivity contribution is 0.0488. The molecule has 0 saturated carbocycles. The summed E-state index contributed by atoms with van der Waals surface area (Å²) >= 11 is 1.69. The summed E-state index contributed by atoms with van der Waals surface area (Å²) in [6, 6.07) is 9.46. The lowest BCUT2D eigenvalue weighted by Gasteiger charge is -2.37. The highest BCUT2D eigenvalue weighted by molar-refractivity contribution is 7.08. The number of thiophene rings is 1. The second kappa shape index (κ2) is 7.15. The summed E-state index contributed by atoms with van der Waals surface area (Å²) in [5, 5.41) is 7.38. The van der Waals surface area contributed by atoms with Gasteiger partial charge in [-0.2, -0.15) is 11.3 Å². The summed E-state index contributed by atoms with van der Waals surface area (Å²) in [5.74, 6) is 0.505. The maximum atomic E-state index is 12.6. The minimum Gasteiger partial charge on any atom is -0.496 e. The van der Waals surface area contributed by atoms with Crippen LogP contribution >= 0.6 is 11.3 Å². The van der Waals surface area contributed by atoms with Gasteiger partial charge in [0.15, 0.2) is 0 Å². The van der Waals surface area contributed by atoms with Crippen LogP contribution in [0.25, 0.3) is 0 Å². The van der Waals surface area contributed by atoms with Crippen LogP contribution in [0.1, 0.15) is 28.8 Å². The van der Waals surface area contributed by atoms with Gasteiger partial charge in [-0.3, -0.25) is 4.79 Å². The predicted molar refractivity (Wildman–Crippen MR) is 91.4 cm³/mol. The molecule has 0 bridgehead atoms. The fourth-order valence-electron chi connectivity index (χ4n) is 3.07. The number of benzene rings is 1. The van der Waals surface area contributed by atoms with Gasteiger partial charge < -0.3 is 14.8 Å². The number of amides is 1. The van der Waals surface area contributed by atoms with Crippen molar-refractivity contribution in [1.29, 1.82) is 0 Å². The summed E-state index contributed by atoms with van der Waals surface area (Å²) in [4.78, 5) is 12.6. The van der Waals surface area contributed by atoms with Crippen LogP contribution in [0.4, 0.5) is 0 Å². The van der Waals surface area contributed by atoms with E-state index in [0.717, 1.165) is 26.1 Å². The monoisotopic (exact) mass is 331 g/mol. The highest BCUT2D eigenvalue weighted by Crippen LogP contribution is 2.35. The molecule has 5 heteroatoms. The number of carbonyl (C=O) groups is 1. The Balaban J connectivity index is 1.75. The fraction of sp³-hybridized carbons (Fsp3) is 0.389. The smallest absolute Gasteiger partial charge is 0.255 e. The van der Waals surface area contributed by atoms with Crippen molar-refractivity contribution in [2.45, 2.75) is 18.3 Å². The molecule has 0 spiro atoms. The van der Waals surface area contributed by atoms with E-state index in [9.17, 15) is 4.79 Å². The number of methoxy groups -OCH3 is 1. The number of carbonyl (C=O) groups excluding carboxylic acids is 1. The lowest BCUT2D eigenvalue weighted by Crippen LogP contribution is -2.44. The molecule has 1 aromatic heterocycles. The fourth-order valence-corrected chi connectivity index (χ4v) is 3.85. The first-order chi connectivity index (χ1) is 11.2. The molecule has 1 saturated heterocycles. The Hall–Kier alpha value is -1.85. The first kappa shape index (κ1) is 16.0. The molecule has 1 aliphatic rings. The molecule has 0 unspecified atom stereocenters. The summed E-state index contributed by atoms with van der Waals surface area (Å²) in [6.45, 7) is 2.09. The van der Waals surface area contributed by atoms with Crippen LogP contribution < -0.4 is 10.1 Å². The molecule has 2 heterocycles. The normalized spacial score (nSPS) is 16.7. The summed E-state index contributed by atoms with van der Waals surface area (Å²) in [6.07, 6.45) is 1.85. The highest BCUT2D eigenvalue weighted by Gasteiger charge is 2.35. The Morgan fingerprint density at radius 3 is 2.78 bits per heavy atom. The zero-order chi connectivity index (χ0) is 16.1. The summed E-state index contributed by atoms with van der Waals surface area (Å²) in [5.41, 5.74) is 1.84. The summed E-state index contributed by atoms with van der Waals surface area (Å²) < 4.78 is 10.8. The van der Waals surface area contributed by atoms with E-state index in [0.29, 0.717) is 17.9 Å². The Morgan fingerprint density at radius 2 is 2.09 bits per heavy atom. The topological polar surface area (TPSA) is 47.6 Å². The van der Waals surface area contributed by atoms with Crippen LogP contribution in [-0.4, -0.2) is 32.8 Å². The maximum Gasteiger partial charge on any atom is 0.255 e. The molecule has 1 aliphatic heterocycles. The number of ether oxygens (including phenoxy) is 2. The Bertz CT molecular complexity index is 648. The van der Waals surface area contributed by atoms with Crippen LogP contribution in [0.3, 0.4) is 0 Å². The van der Waals surface area contributed by atoms with Gasteiger partial charge in [-0.15, -0.1) is 0 Å². The molecule has 122 valence electrons. The van der Waals surface area contributed by atoms with E-state index in [1.54, 1.807) is 30.6 Å². The van der Waals surface area contributed by atoms with Crippen LogP contribution in [0.15, 0.2) is 41.1 Å². The van der Waals surface area contributed by atoms with Crippen molar-refractivity contribution >= 4 is 17.2 Å². The zero-order valence-electron chi connectivity index (χ0n) is 13.2. The molecule has 2 aromatic rings. The van der Waals surface area contributed by atoms with E-state index >= 15 is 0 Å². The molecule has 1 amide bonds. The van der Waals surface area contributed by atoms with Crippen molar-refractivity contribution in [3.8, 4) is 5.75 Å². The predicted octanol–water partition coefficient (Wildman–Crippen LogP) is 3.23. The van der Waals surface area contributed by atoms with Crippen LogP contribution in [0.2, 0.25) is 0 Å². The zero-order valence-corrected chi connectivity index (χ0v) is 14.0. The second-order valence-corrected chi connectivity index (χ2v) is 6.57. The van der Waals surface area contributed by atoms with Gasteiger partial charge in [0.2, 0.25) is 0 Å². The Labute approximate surface area is 140 Å². The first-order valence-electron chi connectivity index (χ1n) is 7.77. The van der Waals surface area contributed by atoms with E-state index in [1.807, 2.05) is 12.1 Å². The minimum absolute atomic E-state index is 0.0318. The average Bonchev–Trinajstić information content (AvgIpc) is 3.16. The second-order valence-electron chi connectivity index (χ2n) is 5.79. The van der Waals surface area contributed by atoms with Gasteiger partial charge in [0.25, 0.3) is 5.91 Å². The largest absolute Gasteiger partial charge is 0.496 e. The standard InChI is InChI=1S/C18H21NO3S/c1-21-16-5-3-2-4-15(16)17(20)19-13-18(7-9-22-10-8-18)14-6-11-23-12-14/h2-6,11-12H,7-10,13H2,1H3,(H,19,20). The van der Waals surface area contributed by atoms with Gasteiger partial charge in [0, 0.05) is 25.2 Å². The van der Waals surface area contributed by atoms with Gasteiger partial charge in [-0.25, -0.2) is 0 Å². The molecule has 1 aromatic carbocycles. The molecular formula is C18H21NO3S. The molecule has 0 aliphatic carbocycles. The number of para-hydroxylation sites is 1. The third-order valence-electron chi connectivity index (χ3n) is 4.52. The van der Waals surface area contributed by atoms with Crippen LogP contribution in [0, 0.1) is 0 Å². The lowest BCUT2D eigenvalue weighted by atomic mass is 9.75. The van der Waals surface area contributed by atoms with Crippen molar-refractivity contribution < 1.29 is 14.3 Å². The van der Waals surface area contributed by atoms with E-state index < -0.39 is 0 Å².